The molecule has 0 radical (unpaired) electrons. The third-order valence-electron chi connectivity index (χ3n) is 2.55. The first kappa shape index (κ1) is 12.1. The van der Waals surface area contributed by atoms with Crippen LogP contribution in [0.3, 0.4) is 0 Å². The van der Waals surface area contributed by atoms with Gasteiger partial charge in [0.1, 0.15) is 11.5 Å². The molecule has 94 valence electrons. The first-order valence-corrected chi connectivity index (χ1v) is 5.62. The molecule has 4 heteroatoms. The number of anilines is 2. The van der Waals surface area contributed by atoms with Crippen LogP contribution in [-0.4, -0.2) is 6.79 Å². The van der Waals surface area contributed by atoms with Gasteiger partial charge in [-0.05, 0) is 42.8 Å². The molecule has 0 aliphatic heterocycles. The summed E-state index contributed by atoms with van der Waals surface area (Å²) in [6.45, 7) is 2.06. The monoisotopic (exact) mass is 244 g/mol. The van der Waals surface area contributed by atoms with Crippen molar-refractivity contribution in [1.82, 2.24) is 0 Å². The lowest BCUT2D eigenvalue weighted by atomic mass is 10.2. The first-order chi connectivity index (χ1) is 8.65. The van der Waals surface area contributed by atoms with Crippen LogP contribution in [0.25, 0.3) is 0 Å². The fourth-order valence-electron chi connectivity index (χ4n) is 1.51. The van der Waals surface area contributed by atoms with Gasteiger partial charge in [-0.3, -0.25) is 0 Å². The van der Waals surface area contributed by atoms with Crippen LogP contribution in [0.2, 0.25) is 0 Å². The summed E-state index contributed by atoms with van der Waals surface area (Å²) in [7, 11) is 0. The topological polar surface area (TPSA) is 70.5 Å². The third kappa shape index (κ3) is 3.07. The van der Waals surface area contributed by atoms with Crippen molar-refractivity contribution in [3.05, 3.63) is 48.0 Å². The zero-order valence-electron chi connectivity index (χ0n) is 10.2. The molecule has 0 fully saturated rings. The Morgan fingerprint density at radius 2 is 1.67 bits per heavy atom. The summed E-state index contributed by atoms with van der Waals surface area (Å²) in [4.78, 5) is 0. The minimum Gasteiger partial charge on any atom is -0.457 e. The predicted molar refractivity (Wildman–Crippen MR) is 72.6 cm³/mol. The standard InChI is InChI=1S/C14H16N2O2/c1-10-7-13(5-6-14(10)16)18-9-17-12-4-2-3-11(15)8-12/h2-8H,9,15-16H2,1H3. The minimum absolute atomic E-state index is 0.132. The van der Waals surface area contributed by atoms with Gasteiger partial charge < -0.3 is 20.9 Å². The number of hydrogen-bond donors (Lipinski definition) is 2. The lowest BCUT2D eigenvalue weighted by Crippen LogP contribution is -2.06. The fourth-order valence-corrected chi connectivity index (χ4v) is 1.51. The molecule has 2 rings (SSSR count). The van der Waals surface area contributed by atoms with Crippen molar-refractivity contribution >= 4 is 11.4 Å². The van der Waals surface area contributed by atoms with Crippen molar-refractivity contribution in [2.45, 2.75) is 6.92 Å². The molecular formula is C14H16N2O2. The van der Waals surface area contributed by atoms with E-state index in [2.05, 4.69) is 0 Å². The molecule has 0 aliphatic carbocycles. The number of aryl methyl sites for hydroxylation is 1. The van der Waals surface area contributed by atoms with Gasteiger partial charge in [-0.15, -0.1) is 0 Å². The lowest BCUT2D eigenvalue weighted by molar-refractivity contribution is 0.120. The number of nitrogens with two attached hydrogens (primary N) is 2. The molecule has 0 aromatic heterocycles. The molecule has 0 atom stereocenters. The minimum atomic E-state index is 0.132. The van der Waals surface area contributed by atoms with Gasteiger partial charge in [-0.2, -0.15) is 0 Å². The summed E-state index contributed by atoms with van der Waals surface area (Å²) < 4.78 is 10.9. The Hall–Kier alpha value is -2.36. The molecule has 0 aliphatic rings. The van der Waals surface area contributed by atoms with E-state index in [0.717, 1.165) is 17.0 Å². The molecule has 18 heavy (non-hydrogen) atoms. The van der Waals surface area contributed by atoms with Crippen LogP contribution in [0, 0.1) is 6.92 Å². The summed E-state index contributed by atoms with van der Waals surface area (Å²) in [6, 6.07) is 12.7. The zero-order chi connectivity index (χ0) is 13.0. The number of benzene rings is 2. The number of rotatable bonds is 4. The third-order valence-corrected chi connectivity index (χ3v) is 2.55. The van der Waals surface area contributed by atoms with Gasteiger partial charge in [-0.1, -0.05) is 6.07 Å². The second kappa shape index (κ2) is 5.31. The van der Waals surface area contributed by atoms with Crippen molar-refractivity contribution in [2.75, 3.05) is 18.3 Å². The van der Waals surface area contributed by atoms with Crippen LogP contribution < -0.4 is 20.9 Å². The second-order valence-electron chi connectivity index (χ2n) is 4.00. The molecule has 0 bridgehead atoms. The van der Waals surface area contributed by atoms with E-state index < -0.39 is 0 Å². The highest BCUT2D eigenvalue weighted by atomic mass is 16.7. The Kier molecular flexibility index (Phi) is 3.57. The molecular weight excluding hydrogens is 228 g/mol. The van der Waals surface area contributed by atoms with Crippen LogP contribution in [0.15, 0.2) is 42.5 Å². The van der Waals surface area contributed by atoms with E-state index in [1.807, 2.05) is 37.3 Å². The fraction of sp³-hybridized carbons (Fsp3) is 0.143. The van der Waals surface area contributed by atoms with Gasteiger partial charge >= 0.3 is 0 Å². The van der Waals surface area contributed by atoms with Crippen molar-refractivity contribution in [2.24, 2.45) is 0 Å². The zero-order valence-corrected chi connectivity index (χ0v) is 10.2. The van der Waals surface area contributed by atoms with E-state index in [1.165, 1.54) is 0 Å². The van der Waals surface area contributed by atoms with Crippen LogP contribution in [0.4, 0.5) is 11.4 Å². The highest BCUT2D eigenvalue weighted by Gasteiger charge is 1.98. The van der Waals surface area contributed by atoms with E-state index in [0.29, 0.717) is 11.4 Å². The Morgan fingerprint density at radius 1 is 0.944 bits per heavy atom. The predicted octanol–water partition coefficient (Wildman–Crippen LogP) is 2.57. The van der Waals surface area contributed by atoms with Crippen molar-refractivity contribution < 1.29 is 9.47 Å². The average molecular weight is 244 g/mol. The molecule has 4 N–H and O–H groups in total. The molecule has 0 spiro atoms. The molecule has 0 heterocycles. The summed E-state index contributed by atoms with van der Waals surface area (Å²) in [5.74, 6) is 1.41. The largest absolute Gasteiger partial charge is 0.457 e. The van der Waals surface area contributed by atoms with Crippen LogP contribution in [-0.2, 0) is 0 Å². The smallest absolute Gasteiger partial charge is 0.230 e. The van der Waals surface area contributed by atoms with Crippen molar-refractivity contribution in [3.8, 4) is 11.5 Å². The van der Waals surface area contributed by atoms with Crippen molar-refractivity contribution in [1.29, 1.82) is 0 Å². The second-order valence-corrected chi connectivity index (χ2v) is 4.00. The number of nitrogen functional groups attached to an aromatic ring is 2. The van der Waals surface area contributed by atoms with E-state index in [9.17, 15) is 0 Å². The summed E-state index contributed by atoms with van der Waals surface area (Å²) >= 11 is 0. The molecule has 2 aromatic carbocycles. The average Bonchev–Trinajstić information content (AvgIpc) is 2.34. The molecule has 4 nitrogen and oxygen atoms in total. The van der Waals surface area contributed by atoms with E-state index in [1.54, 1.807) is 12.1 Å². The number of hydrogen-bond acceptors (Lipinski definition) is 4. The molecule has 0 unspecified atom stereocenters. The van der Waals surface area contributed by atoms with Crippen LogP contribution in [0.1, 0.15) is 5.56 Å². The highest BCUT2D eigenvalue weighted by molar-refractivity contribution is 5.49. The van der Waals surface area contributed by atoms with Gasteiger partial charge in [0.25, 0.3) is 0 Å². The first-order valence-electron chi connectivity index (χ1n) is 5.62. The summed E-state index contributed by atoms with van der Waals surface area (Å²) in [6.07, 6.45) is 0. The molecule has 0 saturated carbocycles. The Labute approximate surface area is 106 Å². The molecule has 2 aromatic rings. The lowest BCUT2D eigenvalue weighted by Gasteiger charge is -2.10. The summed E-state index contributed by atoms with van der Waals surface area (Å²) in [5.41, 5.74) is 13.8. The van der Waals surface area contributed by atoms with Gasteiger partial charge in [0, 0.05) is 17.4 Å². The normalized spacial score (nSPS) is 10.1. The molecule has 0 amide bonds. The Bertz CT molecular complexity index is 541. The van der Waals surface area contributed by atoms with E-state index in [-0.39, 0.29) is 6.79 Å². The van der Waals surface area contributed by atoms with Gasteiger partial charge in [0.15, 0.2) is 0 Å². The Morgan fingerprint density at radius 3 is 2.33 bits per heavy atom. The number of ether oxygens (including phenoxy) is 2. The van der Waals surface area contributed by atoms with Crippen LogP contribution >= 0.6 is 0 Å². The maximum atomic E-state index is 5.72. The molecule has 0 saturated heterocycles. The quantitative estimate of drug-likeness (QED) is 0.640. The summed E-state index contributed by atoms with van der Waals surface area (Å²) in [5, 5.41) is 0. The Balaban J connectivity index is 1.90. The van der Waals surface area contributed by atoms with Gasteiger partial charge in [-0.25, -0.2) is 0 Å². The van der Waals surface area contributed by atoms with E-state index in [4.69, 9.17) is 20.9 Å². The SMILES string of the molecule is Cc1cc(OCOc2cccc(N)c2)ccc1N. The maximum absolute atomic E-state index is 5.72. The maximum Gasteiger partial charge on any atom is 0.230 e. The van der Waals surface area contributed by atoms with Crippen molar-refractivity contribution in [3.63, 3.8) is 0 Å². The van der Waals surface area contributed by atoms with Gasteiger partial charge in [0.05, 0.1) is 0 Å². The van der Waals surface area contributed by atoms with E-state index >= 15 is 0 Å². The highest BCUT2D eigenvalue weighted by Crippen LogP contribution is 2.19. The van der Waals surface area contributed by atoms with Crippen LogP contribution in [0.5, 0.6) is 11.5 Å². The van der Waals surface area contributed by atoms with Gasteiger partial charge in [0.2, 0.25) is 6.79 Å².